The van der Waals surface area contributed by atoms with Crippen LogP contribution in [0, 0.1) is 6.92 Å². The molecule has 0 saturated heterocycles. The van der Waals surface area contributed by atoms with Gasteiger partial charge in [0.25, 0.3) is 0 Å². The molecule has 0 fully saturated rings. The Morgan fingerprint density at radius 3 is 2.85 bits per heavy atom. The van der Waals surface area contributed by atoms with Crippen molar-refractivity contribution in [2.45, 2.75) is 19.4 Å². The van der Waals surface area contributed by atoms with E-state index in [1.807, 2.05) is 0 Å². The largest absolute Gasteiger partial charge is 0.465 e. The van der Waals surface area contributed by atoms with E-state index >= 15 is 0 Å². The van der Waals surface area contributed by atoms with Crippen molar-refractivity contribution in [2.75, 3.05) is 12.4 Å². The number of hydrogen-bond acceptors (Lipinski definition) is 11. The van der Waals surface area contributed by atoms with Gasteiger partial charge in [-0.25, -0.2) is 14.8 Å². The highest BCUT2D eigenvalue weighted by Gasteiger charge is 2.25. The Morgan fingerprint density at radius 2 is 2.19 bits per heavy atom. The van der Waals surface area contributed by atoms with Gasteiger partial charge in [-0.3, -0.25) is 9.78 Å². The molecule has 3 rings (SSSR count). The molecule has 3 heterocycles. The van der Waals surface area contributed by atoms with Crippen LogP contribution in [-0.2, 0) is 9.53 Å². The number of nitrogens with one attached hydrogen (secondary N) is 1. The molecule has 0 spiro atoms. The lowest BCUT2D eigenvalue weighted by atomic mass is 10.2. The van der Waals surface area contributed by atoms with Gasteiger partial charge in [0.15, 0.2) is 5.13 Å². The van der Waals surface area contributed by atoms with Crippen LogP contribution >= 0.6 is 11.3 Å². The van der Waals surface area contributed by atoms with Crippen molar-refractivity contribution in [1.82, 2.24) is 25.1 Å². The van der Waals surface area contributed by atoms with Crippen LogP contribution < -0.4 is 11.1 Å². The van der Waals surface area contributed by atoms with E-state index < -0.39 is 17.9 Å². The highest BCUT2D eigenvalue weighted by Crippen LogP contribution is 2.28. The Bertz CT molecular complexity index is 956. The van der Waals surface area contributed by atoms with Crippen LogP contribution in [-0.4, -0.2) is 44.1 Å². The number of carbonyl (C=O) groups excluding carboxylic acids is 2. The first-order valence-electron chi connectivity index (χ1n) is 7.68. The quantitative estimate of drug-likeness (QED) is 0.560. The number of hydrogen-bond donors (Lipinski definition) is 2. The molecule has 3 aromatic heterocycles. The predicted molar refractivity (Wildman–Crippen MR) is 93.7 cm³/mol. The smallest absolute Gasteiger partial charge is 0.350 e. The highest BCUT2D eigenvalue weighted by molar-refractivity contribution is 7.17. The summed E-state index contributed by atoms with van der Waals surface area (Å²) in [5, 5.41) is 7.23. The molecule has 0 radical (unpaired) electrons. The second-order valence-corrected chi connectivity index (χ2v) is 6.34. The van der Waals surface area contributed by atoms with E-state index in [1.165, 1.54) is 25.7 Å². The number of nitrogens with zero attached hydrogens (tertiary/aromatic N) is 5. The van der Waals surface area contributed by atoms with E-state index in [0.717, 1.165) is 11.3 Å². The third-order valence-electron chi connectivity index (χ3n) is 3.40. The molecule has 0 saturated carbocycles. The number of methoxy groups -OCH3 is 1. The lowest BCUT2D eigenvalue weighted by Crippen LogP contribution is -2.20. The van der Waals surface area contributed by atoms with Crippen LogP contribution in [0.15, 0.2) is 23.1 Å². The maximum atomic E-state index is 11.7. The summed E-state index contributed by atoms with van der Waals surface area (Å²) < 4.78 is 9.96. The first-order valence-corrected chi connectivity index (χ1v) is 8.50. The predicted octanol–water partition coefficient (Wildman–Crippen LogP) is 1.11. The number of rotatable bonds is 7. The van der Waals surface area contributed by atoms with Gasteiger partial charge in [-0.2, -0.15) is 4.98 Å². The molecule has 3 N–H and O–H groups in total. The second kappa shape index (κ2) is 7.86. The Balaban J connectivity index is 1.86. The summed E-state index contributed by atoms with van der Waals surface area (Å²) in [6.45, 7) is 1.68. The van der Waals surface area contributed by atoms with Crippen molar-refractivity contribution in [2.24, 2.45) is 5.73 Å². The third kappa shape index (κ3) is 4.23. The van der Waals surface area contributed by atoms with E-state index in [4.69, 9.17) is 15.0 Å². The summed E-state index contributed by atoms with van der Waals surface area (Å²) >= 11 is 1.08. The van der Waals surface area contributed by atoms with Crippen molar-refractivity contribution in [3.8, 4) is 11.5 Å². The van der Waals surface area contributed by atoms with Crippen molar-refractivity contribution < 1.29 is 18.8 Å². The highest BCUT2D eigenvalue weighted by atomic mass is 32.1. The molecular formula is C15H15N7O4S. The summed E-state index contributed by atoms with van der Waals surface area (Å²) in [5.74, 6) is -0.720. The maximum absolute atomic E-state index is 11.7. The van der Waals surface area contributed by atoms with E-state index in [0.29, 0.717) is 21.4 Å². The fraction of sp³-hybridized carbons (Fsp3) is 0.267. The van der Waals surface area contributed by atoms with Crippen molar-refractivity contribution in [3.63, 3.8) is 0 Å². The number of esters is 1. The number of thiazole rings is 1. The molecule has 0 unspecified atom stereocenters. The second-order valence-electron chi connectivity index (χ2n) is 5.34. The fourth-order valence-corrected chi connectivity index (χ4v) is 3.12. The van der Waals surface area contributed by atoms with Crippen LogP contribution in [0.5, 0.6) is 0 Å². The zero-order valence-corrected chi connectivity index (χ0v) is 15.2. The average molecular weight is 389 g/mol. The van der Waals surface area contributed by atoms with Gasteiger partial charge >= 0.3 is 5.97 Å². The van der Waals surface area contributed by atoms with Crippen LogP contribution in [0.4, 0.5) is 5.13 Å². The molecular weight excluding hydrogens is 374 g/mol. The third-order valence-corrected chi connectivity index (χ3v) is 4.47. The molecule has 12 heteroatoms. The topological polar surface area (TPSA) is 159 Å². The first-order chi connectivity index (χ1) is 13.0. The molecule has 27 heavy (non-hydrogen) atoms. The van der Waals surface area contributed by atoms with Gasteiger partial charge in [0, 0.05) is 12.4 Å². The molecule has 0 bridgehead atoms. The molecule has 0 aliphatic rings. The van der Waals surface area contributed by atoms with Crippen molar-refractivity contribution in [3.05, 3.63) is 35.1 Å². The van der Waals surface area contributed by atoms with Crippen LogP contribution in [0.3, 0.4) is 0 Å². The minimum atomic E-state index is -0.725. The number of aromatic nitrogens is 5. The zero-order valence-electron chi connectivity index (χ0n) is 14.4. The van der Waals surface area contributed by atoms with E-state index in [2.05, 4.69) is 30.4 Å². The summed E-state index contributed by atoms with van der Waals surface area (Å²) in [6.07, 6.45) is 4.38. The van der Waals surface area contributed by atoms with Crippen LogP contribution in [0.25, 0.3) is 11.5 Å². The number of amides is 1. The number of ether oxygens (including phenoxy) is 1. The molecule has 1 atom stereocenters. The normalized spacial score (nSPS) is 11.8. The summed E-state index contributed by atoms with van der Waals surface area (Å²) in [7, 11) is 1.29. The zero-order chi connectivity index (χ0) is 19.4. The van der Waals surface area contributed by atoms with Gasteiger partial charge in [0.2, 0.25) is 17.6 Å². The minimum Gasteiger partial charge on any atom is -0.465 e. The number of aryl methyl sites for hydroxylation is 1. The average Bonchev–Trinajstić information content (AvgIpc) is 3.28. The summed E-state index contributed by atoms with van der Waals surface area (Å²) in [5.41, 5.74) is 6.24. The van der Waals surface area contributed by atoms with Crippen molar-refractivity contribution >= 4 is 28.3 Å². The number of primary amides is 1. The van der Waals surface area contributed by atoms with E-state index in [1.54, 1.807) is 6.92 Å². The first kappa shape index (κ1) is 18.4. The fourth-order valence-electron chi connectivity index (χ4n) is 2.19. The Labute approximate surface area is 157 Å². The molecule has 1 amide bonds. The van der Waals surface area contributed by atoms with E-state index in [-0.39, 0.29) is 18.1 Å². The van der Waals surface area contributed by atoms with Crippen LogP contribution in [0.1, 0.15) is 33.7 Å². The number of carbonyl (C=O) groups is 2. The minimum absolute atomic E-state index is 0.117. The monoisotopic (exact) mass is 389 g/mol. The number of anilines is 1. The molecule has 11 nitrogen and oxygen atoms in total. The van der Waals surface area contributed by atoms with Gasteiger partial charge in [0.05, 0.1) is 25.4 Å². The van der Waals surface area contributed by atoms with Crippen molar-refractivity contribution in [1.29, 1.82) is 0 Å². The van der Waals surface area contributed by atoms with Gasteiger partial charge < -0.3 is 20.3 Å². The Hall–Kier alpha value is -3.41. The van der Waals surface area contributed by atoms with Crippen LogP contribution in [0.2, 0.25) is 0 Å². The van der Waals surface area contributed by atoms with Gasteiger partial charge in [0.1, 0.15) is 16.6 Å². The molecule has 3 aromatic rings. The van der Waals surface area contributed by atoms with E-state index in [9.17, 15) is 9.59 Å². The molecule has 0 aliphatic carbocycles. The number of nitrogens with two attached hydrogens (primary N) is 1. The van der Waals surface area contributed by atoms with Gasteiger partial charge in [-0.15, -0.1) is 0 Å². The summed E-state index contributed by atoms with van der Waals surface area (Å²) in [6, 6.07) is -0.725. The molecule has 0 aromatic carbocycles. The standard InChI is InChI=1S/C15H15N7O4S/c1-7-11(14(24)25-2)27-15(19-7)20-8(5-10(16)23)13-21-12(22-26-13)9-6-17-3-4-18-9/h3-4,6,8H,5H2,1-2H3,(H2,16,23)(H,19,20)/t8-/m0/s1. The lowest BCUT2D eigenvalue weighted by Gasteiger charge is -2.11. The molecule has 0 aliphatic heterocycles. The van der Waals surface area contributed by atoms with Gasteiger partial charge in [-0.05, 0) is 6.92 Å². The Morgan fingerprint density at radius 1 is 1.37 bits per heavy atom. The molecule has 140 valence electrons. The summed E-state index contributed by atoms with van der Waals surface area (Å²) in [4.78, 5) is 40.1. The SMILES string of the molecule is COC(=O)c1sc(N[C@@H](CC(N)=O)c2nc(-c3cnccn3)no2)nc1C. The van der Waals surface area contributed by atoms with Gasteiger partial charge in [-0.1, -0.05) is 16.5 Å². The Kier molecular flexibility index (Phi) is 5.35. The lowest BCUT2D eigenvalue weighted by molar-refractivity contribution is -0.118. The maximum Gasteiger partial charge on any atom is 0.350 e.